The third-order valence-electron chi connectivity index (χ3n) is 1.69. The molecule has 12 heavy (non-hydrogen) atoms. The minimum absolute atomic E-state index is 0.546. The molecule has 1 aliphatic carbocycles. The number of rotatable bonds is 0. The Bertz CT molecular complexity index is 239. The molecule has 0 aromatic rings. The average Bonchev–Trinajstić information content (AvgIpc) is 1.83. The molecule has 0 heterocycles. The molecule has 0 amide bonds. The van der Waals surface area contributed by atoms with E-state index in [1.807, 2.05) is 0 Å². The zero-order valence-electron chi connectivity index (χ0n) is 6.45. The molecule has 1 aliphatic rings. The van der Waals surface area contributed by atoms with Gasteiger partial charge in [-0.05, 0) is 13.3 Å². The minimum atomic E-state index is -4.41. The summed E-state index contributed by atoms with van der Waals surface area (Å²) in [7, 11) is 0. The SMILES string of the molecule is CC1=CC(Cl)(C(F)(F)F)C=CC1. The summed E-state index contributed by atoms with van der Waals surface area (Å²) >= 11 is 5.36. The van der Waals surface area contributed by atoms with Crippen molar-refractivity contribution in [2.24, 2.45) is 0 Å². The maximum Gasteiger partial charge on any atom is 0.414 e. The summed E-state index contributed by atoms with van der Waals surface area (Å²) in [4.78, 5) is -2.28. The van der Waals surface area contributed by atoms with E-state index < -0.39 is 11.1 Å². The highest BCUT2D eigenvalue weighted by atomic mass is 35.5. The highest BCUT2D eigenvalue weighted by Crippen LogP contribution is 2.41. The van der Waals surface area contributed by atoms with Gasteiger partial charge in [0.1, 0.15) is 0 Å². The lowest BCUT2D eigenvalue weighted by atomic mass is 9.97. The highest BCUT2D eigenvalue weighted by Gasteiger charge is 2.50. The van der Waals surface area contributed by atoms with Crippen molar-refractivity contribution in [3.05, 3.63) is 23.8 Å². The summed E-state index contributed by atoms with van der Waals surface area (Å²) in [5.41, 5.74) is 0.643. The largest absolute Gasteiger partial charge is 0.414 e. The van der Waals surface area contributed by atoms with E-state index in [0.717, 1.165) is 12.2 Å². The maximum absolute atomic E-state index is 12.3. The van der Waals surface area contributed by atoms with Crippen molar-refractivity contribution < 1.29 is 13.2 Å². The first kappa shape index (κ1) is 9.65. The van der Waals surface area contributed by atoms with Crippen LogP contribution in [0.2, 0.25) is 0 Å². The predicted molar refractivity (Wildman–Crippen MR) is 42.2 cm³/mol. The van der Waals surface area contributed by atoms with Crippen LogP contribution in [0.25, 0.3) is 0 Å². The predicted octanol–water partition coefficient (Wildman–Crippen LogP) is 3.43. The lowest BCUT2D eigenvalue weighted by Gasteiger charge is -2.26. The van der Waals surface area contributed by atoms with Gasteiger partial charge < -0.3 is 0 Å². The Morgan fingerprint density at radius 3 is 2.42 bits per heavy atom. The van der Waals surface area contributed by atoms with Crippen molar-refractivity contribution in [1.29, 1.82) is 0 Å². The summed E-state index contributed by atoms with van der Waals surface area (Å²) < 4.78 is 36.8. The zero-order chi connectivity index (χ0) is 9.41. The van der Waals surface area contributed by atoms with Gasteiger partial charge in [-0.2, -0.15) is 13.2 Å². The van der Waals surface area contributed by atoms with Crippen LogP contribution in [0.4, 0.5) is 13.2 Å². The van der Waals surface area contributed by atoms with Gasteiger partial charge in [-0.25, -0.2) is 0 Å². The normalized spacial score (nSPS) is 30.2. The van der Waals surface area contributed by atoms with Gasteiger partial charge in [-0.15, -0.1) is 11.6 Å². The van der Waals surface area contributed by atoms with Crippen LogP contribution >= 0.6 is 11.6 Å². The van der Waals surface area contributed by atoms with Gasteiger partial charge in [0.15, 0.2) is 4.87 Å². The van der Waals surface area contributed by atoms with Gasteiger partial charge >= 0.3 is 6.18 Å². The highest BCUT2D eigenvalue weighted by molar-refractivity contribution is 6.27. The number of alkyl halides is 4. The molecule has 0 spiro atoms. The van der Waals surface area contributed by atoms with E-state index in [1.54, 1.807) is 6.92 Å². The third-order valence-corrected chi connectivity index (χ3v) is 2.14. The molecule has 0 fully saturated rings. The lowest BCUT2D eigenvalue weighted by molar-refractivity contribution is -0.139. The van der Waals surface area contributed by atoms with Gasteiger partial charge in [0.2, 0.25) is 0 Å². The van der Waals surface area contributed by atoms with Crippen molar-refractivity contribution in [3.63, 3.8) is 0 Å². The second-order valence-electron chi connectivity index (χ2n) is 2.86. The first-order valence-corrected chi connectivity index (χ1v) is 3.85. The molecule has 0 saturated carbocycles. The fourth-order valence-electron chi connectivity index (χ4n) is 1.06. The summed E-state index contributed by atoms with van der Waals surface area (Å²) in [5.74, 6) is 0. The van der Waals surface area contributed by atoms with Crippen LogP contribution in [0.15, 0.2) is 23.8 Å². The van der Waals surface area contributed by atoms with E-state index in [0.29, 0.717) is 12.0 Å². The fourth-order valence-corrected chi connectivity index (χ4v) is 1.33. The van der Waals surface area contributed by atoms with Crippen LogP contribution < -0.4 is 0 Å². The molecule has 0 N–H and O–H groups in total. The molecule has 1 unspecified atom stereocenters. The van der Waals surface area contributed by atoms with E-state index in [2.05, 4.69) is 0 Å². The monoisotopic (exact) mass is 196 g/mol. The maximum atomic E-state index is 12.3. The smallest absolute Gasteiger partial charge is 0.168 e. The third kappa shape index (κ3) is 1.66. The molecule has 68 valence electrons. The minimum Gasteiger partial charge on any atom is -0.168 e. The van der Waals surface area contributed by atoms with Crippen LogP contribution in [-0.2, 0) is 0 Å². The molecule has 0 nitrogen and oxygen atoms in total. The Hall–Kier alpha value is -0.440. The van der Waals surface area contributed by atoms with Crippen LogP contribution in [0.3, 0.4) is 0 Å². The Kier molecular flexibility index (Phi) is 2.25. The van der Waals surface area contributed by atoms with E-state index in [9.17, 15) is 13.2 Å². The van der Waals surface area contributed by atoms with E-state index >= 15 is 0 Å². The van der Waals surface area contributed by atoms with E-state index in [4.69, 9.17) is 11.6 Å². The summed E-state index contributed by atoms with van der Waals surface area (Å²) in [6.45, 7) is 1.63. The van der Waals surface area contributed by atoms with E-state index in [-0.39, 0.29) is 0 Å². The first-order valence-electron chi connectivity index (χ1n) is 3.47. The number of hydrogen-bond donors (Lipinski definition) is 0. The van der Waals surface area contributed by atoms with Crippen molar-refractivity contribution in [1.82, 2.24) is 0 Å². The average molecular weight is 197 g/mol. The second-order valence-corrected chi connectivity index (χ2v) is 3.49. The van der Waals surface area contributed by atoms with Crippen molar-refractivity contribution in [2.45, 2.75) is 24.4 Å². The standard InChI is InChI=1S/C8H8ClF3/c1-6-3-2-4-7(9,5-6)8(10,11)12/h2,4-5H,3H2,1H3. The Morgan fingerprint density at radius 1 is 1.50 bits per heavy atom. The molecule has 0 aliphatic heterocycles. The van der Waals surface area contributed by atoms with Gasteiger partial charge in [-0.3, -0.25) is 0 Å². The van der Waals surface area contributed by atoms with Crippen molar-refractivity contribution in [3.8, 4) is 0 Å². The first-order chi connectivity index (χ1) is 5.35. The van der Waals surface area contributed by atoms with Crippen LogP contribution in [0, 0.1) is 0 Å². The lowest BCUT2D eigenvalue weighted by Crippen LogP contribution is -2.37. The quantitative estimate of drug-likeness (QED) is 0.411. The second kappa shape index (κ2) is 2.80. The summed E-state index contributed by atoms with van der Waals surface area (Å²) in [5, 5.41) is 0. The summed E-state index contributed by atoms with van der Waals surface area (Å²) in [6.07, 6.45) is -0.386. The van der Waals surface area contributed by atoms with Crippen molar-refractivity contribution >= 4 is 11.6 Å². The molecule has 0 aromatic heterocycles. The zero-order valence-corrected chi connectivity index (χ0v) is 7.21. The van der Waals surface area contributed by atoms with Crippen molar-refractivity contribution in [2.75, 3.05) is 0 Å². The molecule has 0 radical (unpaired) electrons. The molecular formula is C8H8ClF3. The van der Waals surface area contributed by atoms with Crippen LogP contribution in [0.5, 0.6) is 0 Å². The van der Waals surface area contributed by atoms with Gasteiger partial charge in [0, 0.05) is 0 Å². The van der Waals surface area contributed by atoms with Gasteiger partial charge in [-0.1, -0.05) is 23.8 Å². The van der Waals surface area contributed by atoms with Crippen LogP contribution in [-0.4, -0.2) is 11.1 Å². The fraction of sp³-hybridized carbons (Fsp3) is 0.500. The number of hydrogen-bond acceptors (Lipinski definition) is 0. The molecule has 1 rings (SSSR count). The Morgan fingerprint density at radius 2 is 2.08 bits per heavy atom. The molecule has 4 heteroatoms. The number of allylic oxidation sites excluding steroid dienone is 4. The molecule has 0 aromatic carbocycles. The topological polar surface area (TPSA) is 0 Å². The Labute approximate surface area is 73.7 Å². The van der Waals surface area contributed by atoms with Crippen LogP contribution in [0.1, 0.15) is 13.3 Å². The molecule has 1 atom stereocenters. The molecule has 0 bridgehead atoms. The molecule has 0 saturated heterocycles. The summed E-state index contributed by atoms with van der Waals surface area (Å²) in [6, 6.07) is 0. The van der Waals surface area contributed by atoms with Gasteiger partial charge in [0.25, 0.3) is 0 Å². The van der Waals surface area contributed by atoms with E-state index in [1.165, 1.54) is 6.08 Å². The Balaban J connectivity index is 2.99. The molecular weight excluding hydrogens is 189 g/mol. The number of halogens is 4. The van der Waals surface area contributed by atoms with Gasteiger partial charge in [0.05, 0.1) is 0 Å².